The zero-order chi connectivity index (χ0) is 13.4. The van der Waals surface area contributed by atoms with E-state index >= 15 is 0 Å². The summed E-state index contributed by atoms with van der Waals surface area (Å²) in [6.45, 7) is 0. The Balaban J connectivity index is 2.44. The summed E-state index contributed by atoms with van der Waals surface area (Å²) in [5, 5.41) is 0. The summed E-state index contributed by atoms with van der Waals surface area (Å²) in [5.41, 5.74) is -2.15. The molecule has 0 aromatic rings. The maximum atomic E-state index is 12.7. The number of ketones is 2. The maximum Gasteiger partial charge on any atom is 0.365 e. The van der Waals surface area contributed by atoms with Crippen LogP contribution in [0.3, 0.4) is 0 Å². The molecule has 0 N–H and O–H groups in total. The first-order valence-electron chi connectivity index (χ1n) is 4.10. The van der Waals surface area contributed by atoms with Gasteiger partial charge in [-0.25, -0.2) is 4.39 Å². The van der Waals surface area contributed by atoms with E-state index in [1.807, 2.05) is 0 Å². The summed E-state index contributed by atoms with van der Waals surface area (Å²) in [4.78, 5) is 21.2. The van der Waals surface area contributed by atoms with E-state index in [1.165, 1.54) is 0 Å². The van der Waals surface area contributed by atoms with Crippen molar-refractivity contribution >= 4 is 11.6 Å². The lowest BCUT2D eigenvalue weighted by atomic mass is 9.66. The van der Waals surface area contributed by atoms with Gasteiger partial charge in [0, 0.05) is 0 Å². The summed E-state index contributed by atoms with van der Waals surface area (Å²) in [6, 6.07) is 0. The Labute approximate surface area is 88.1 Å². The fourth-order valence-electron chi connectivity index (χ4n) is 1.65. The van der Waals surface area contributed by atoms with Crippen molar-refractivity contribution in [3.05, 3.63) is 11.4 Å². The van der Waals surface area contributed by atoms with Crippen molar-refractivity contribution in [2.75, 3.05) is 0 Å². The van der Waals surface area contributed by atoms with Crippen LogP contribution in [0.25, 0.3) is 0 Å². The molecular weight excluding hydrogens is 261 g/mol. The Bertz CT molecular complexity index is 458. The minimum Gasteiger partial charge on any atom is -0.291 e. The number of halogens is 7. The molecule has 0 amide bonds. The Hall–Kier alpha value is -1.41. The molecule has 17 heavy (non-hydrogen) atoms. The monoisotopic (exact) mass is 262 g/mol. The topological polar surface area (TPSA) is 34.1 Å². The highest BCUT2D eigenvalue weighted by Gasteiger charge is 2.80. The van der Waals surface area contributed by atoms with E-state index in [1.54, 1.807) is 0 Å². The molecule has 2 rings (SSSR count). The molecule has 0 heterocycles. The third kappa shape index (κ3) is 1.02. The van der Waals surface area contributed by atoms with Gasteiger partial charge in [0.25, 0.3) is 0 Å². The van der Waals surface area contributed by atoms with Crippen LogP contribution in [0.5, 0.6) is 0 Å². The lowest BCUT2D eigenvalue weighted by Gasteiger charge is -2.43. The predicted molar refractivity (Wildman–Crippen MR) is 36.5 cm³/mol. The smallest absolute Gasteiger partial charge is 0.291 e. The zero-order valence-electron chi connectivity index (χ0n) is 7.54. The van der Waals surface area contributed by atoms with Gasteiger partial charge < -0.3 is 0 Å². The Morgan fingerprint density at radius 3 is 1.59 bits per heavy atom. The summed E-state index contributed by atoms with van der Waals surface area (Å²) >= 11 is 0. The Morgan fingerprint density at radius 1 is 0.824 bits per heavy atom. The van der Waals surface area contributed by atoms with Crippen LogP contribution in [-0.2, 0) is 9.59 Å². The highest BCUT2D eigenvalue weighted by atomic mass is 19.3. The van der Waals surface area contributed by atoms with Gasteiger partial charge in [-0.2, -0.15) is 26.3 Å². The standard InChI is InChI=1S/C8HF7O2/c9-3-2(7(12,13)8(3,14)15)1-4(16)6(10,11)5(1)17/h1H. The Kier molecular flexibility index (Phi) is 1.92. The number of hydrogen-bond donors (Lipinski definition) is 0. The molecule has 0 aromatic heterocycles. The number of carbonyl (C=O) groups excluding carboxylic acids is 2. The van der Waals surface area contributed by atoms with Gasteiger partial charge in [-0.3, -0.25) is 9.59 Å². The van der Waals surface area contributed by atoms with Gasteiger partial charge in [0.1, 0.15) is 5.92 Å². The highest BCUT2D eigenvalue weighted by molar-refractivity contribution is 6.31. The van der Waals surface area contributed by atoms with Gasteiger partial charge in [0.15, 0.2) is 5.83 Å². The first-order valence-corrected chi connectivity index (χ1v) is 4.10. The number of hydrogen-bond acceptors (Lipinski definition) is 2. The second-order valence-electron chi connectivity index (χ2n) is 3.61. The molecule has 1 fully saturated rings. The minimum atomic E-state index is -5.16. The third-order valence-electron chi connectivity index (χ3n) is 2.68. The molecular formula is C8HF7O2. The van der Waals surface area contributed by atoms with E-state index < -0.39 is 46.7 Å². The minimum absolute atomic E-state index is 2.15. The SMILES string of the molecule is O=C1C(C2=C(F)C(F)(F)C2(F)F)C(=O)C1(F)F. The average molecular weight is 262 g/mol. The number of carbonyl (C=O) groups is 2. The van der Waals surface area contributed by atoms with Gasteiger partial charge in [0.2, 0.25) is 11.6 Å². The third-order valence-corrected chi connectivity index (χ3v) is 2.68. The molecule has 1 saturated carbocycles. The summed E-state index contributed by atoms with van der Waals surface area (Å²) in [5.74, 6) is -24.8. The molecule has 0 aliphatic heterocycles. The van der Waals surface area contributed by atoms with E-state index in [9.17, 15) is 40.3 Å². The van der Waals surface area contributed by atoms with Gasteiger partial charge in [-0.1, -0.05) is 0 Å². The summed E-state index contributed by atoms with van der Waals surface area (Å²) < 4.78 is 87.5. The number of allylic oxidation sites excluding steroid dienone is 2. The first kappa shape index (κ1) is 12.1. The second kappa shape index (κ2) is 2.70. The van der Waals surface area contributed by atoms with Gasteiger partial charge in [-0.05, 0) is 0 Å². The second-order valence-corrected chi connectivity index (χ2v) is 3.61. The Morgan fingerprint density at radius 2 is 1.24 bits per heavy atom. The lowest BCUT2D eigenvalue weighted by Crippen LogP contribution is -2.66. The van der Waals surface area contributed by atoms with Crippen molar-refractivity contribution in [2.24, 2.45) is 5.92 Å². The lowest BCUT2D eigenvalue weighted by molar-refractivity contribution is -0.216. The van der Waals surface area contributed by atoms with Crippen molar-refractivity contribution in [3.8, 4) is 0 Å². The molecule has 0 unspecified atom stereocenters. The number of alkyl halides is 6. The number of rotatable bonds is 1. The highest BCUT2D eigenvalue weighted by Crippen LogP contribution is 2.61. The van der Waals surface area contributed by atoms with Crippen molar-refractivity contribution < 1.29 is 40.3 Å². The molecule has 2 nitrogen and oxygen atoms in total. The fraction of sp³-hybridized carbons (Fsp3) is 0.500. The average Bonchev–Trinajstić information content (AvgIpc) is 2.23. The molecule has 0 radical (unpaired) electrons. The fourth-order valence-corrected chi connectivity index (χ4v) is 1.65. The molecule has 0 atom stereocenters. The van der Waals surface area contributed by atoms with Crippen molar-refractivity contribution in [1.29, 1.82) is 0 Å². The van der Waals surface area contributed by atoms with Crippen LogP contribution < -0.4 is 0 Å². The molecule has 0 aromatic carbocycles. The largest absolute Gasteiger partial charge is 0.365 e. The van der Waals surface area contributed by atoms with Crippen molar-refractivity contribution in [2.45, 2.75) is 17.8 Å². The van der Waals surface area contributed by atoms with Crippen molar-refractivity contribution in [3.63, 3.8) is 0 Å². The van der Waals surface area contributed by atoms with Crippen LogP contribution in [0, 0.1) is 5.92 Å². The molecule has 2 aliphatic rings. The first-order chi connectivity index (χ1) is 7.47. The van der Waals surface area contributed by atoms with Crippen LogP contribution in [0.2, 0.25) is 0 Å². The van der Waals surface area contributed by atoms with Crippen LogP contribution in [0.15, 0.2) is 11.4 Å². The van der Waals surface area contributed by atoms with Crippen molar-refractivity contribution in [1.82, 2.24) is 0 Å². The van der Waals surface area contributed by atoms with E-state index in [2.05, 4.69) is 0 Å². The van der Waals surface area contributed by atoms with Crippen LogP contribution >= 0.6 is 0 Å². The molecule has 0 saturated heterocycles. The zero-order valence-corrected chi connectivity index (χ0v) is 7.54. The summed E-state index contributed by atoms with van der Waals surface area (Å²) in [6.07, 6.45) is 0. The van der Waals surface area contributed by atoms with Gasteiger partial charge in [0.05, 0.1) is 5.57 Å². The molecule has 94 valence electrons. The maximum absolute atomic E-state index is 12.7. The van der Waals surface area contributed by atoms with Crippen LogP contribution in [0.1, 0.15) is 0 Å². The summed E-state index contributed by atoms with van der Waals surface area (Å²) in [7, 11) is 0. The molecule has 9 heteroatoms. The van der Waals surface area contributed by atoms with E-state index in [4.69, 9.17) is 0 Å². The van der Waals surface area contributed by atoms with E-state index in [0.29, 0.717) is 0 Å². The quantitative estimate of drug-likeness (QED) is 0.534. The molecule has 0 bridgehead atoms. The van der Waals surface area contributed by atoms with E-state index in [-0.39, 0.29) is 0 Å². The van der Waals surface area contributed by atoms with Crippen LogP contribution in [-0.4, -0.2) is 29.3 Å². The molecule has 0 spiro atoms. The molecule has 2 aliphatic carbocycles. The number of Topliss-reactive ketones (excluding diaryl/α,β-unsaturated/α-hetero) is 2. The predicted octanol–water partition coefficient (Wildman–Crippen LogP) is 1.90. The van der Waals surface area contributed by atoms with Gasteiger partial charge >= 0.3 is 17.8 Å². The van der Waals surface area contributed by atoms with Crippen LogP contribution in [0.4, 0.5) is 30.7 Å². The van der Waals surface area contributed by atoms with Gasteiger partial charge in [-0.15, -0.1) is 0 Å². The normalized spacial score (nSPS) is 30.1. The van der Waals surface area contributed by atoms with E-state index in [0.717, 1.165) is 0 Å².